The van der Waals surface area contributed by atoms with Gasteiger partial charge in [0.2, 0.25) is 5.88 Å². The maximum atomic E-state index is 12.5. The topological polar surface area (TPSA) is 130 Å². The molecule has 0 atom stereocenters. The molecule has 0 amide bonds. The summed E-state index contributed by atoms with van der Waals surface area (Å²) in [6.45, 7) is 1.82. The minimum absolute atomic E-state index is 0.0520. The lowest BCUT2D eigenvalue weighted by atomic mass is 10.1. The van der Waals surface area contributed by atoms with E-state index in [2.05, 4.69) is 15.2 Å². The summed E-state index contributed by atoms with van der Waals surface area (Å²) in [5.41, 5.74) is 1.24. The third-order valence-corrected chi connectivity index (χ3v) is 3.82. The number of H-pyrrole nitrogens is 1. The van der Waals surface area contributed by atoms with E-state index in [-0.39, 0.29) is 29.4 Å². The average Bonchev–Trinajstić information content (AvgIpc) is 3.04. The fourth-order valence-electron chi connectivity index (χ4n) is 2.55. The molecule has 0 fully saturated rings. The molecule has 0 aliphatic rings. The summed E-state index contributed by atoms with van der Waals surface area (Å²) in [4.78, 5) is 25.4. The second-order valence-corrected chi connectivity index (χ2v) is 5.63. The van der Waals surface area contributed by atoms with Crippen molar-refractivity contribution in [1.82, 2.24) is 4.98 Å². The standard InChI is InChI=1S/C19H16N4O5/c1-2-28-19(25)15-16(12-6-4-3-5-7-12)20-18(24)17(15)22-21-13-8-10-14(11-9-13)23(26)27/h3-11,20,24H,2H2,1H3. The zero-order valence-corrected chi connectivity index (χ0v) is 14.8. The van der Waals surface area contributed by atoms with Crippen LogP contribution >= 0.6 is 0 Å². The van der Waals surface area contributed by atoms with Gasteiger partial charge in [0, 0.05) is 12.1 Å². The summed E-state index contributed by atoms with van der Waals surface area (Å²) in [5.74, 6) is -0.997. The number of non-ortho nitro benzene ring substituents is 1. The van der Waals surface area contributed by atoms with Gasteiger partial charge in [-0.05, 0) is 24.6 Å². The highest BCUT2D eigenvalue weighted by molar-refractivity contribution is 6.03. The Labute approximate surface area is 159 Å². The van der Waals surface area contributed by atoms with Crippen molar-refractivity contribution in [2.45, 2.75) is 6.92 Å². The third-order valence-electron chi connectivity index (χ3n) is 3.82. The summed E-state index contributed by atoms with van der Waals surface area (Å²) in [6.07, 6.45) is 0. The van der Waals surface area contributed by atoms with Crippen LogP contribution in [0.5, 0.6) is 5.88 Å². The number of esters is 1. The Morgan fingerprint density at radius 2 is 1.82 bits per heavy atom. The van der Waals surface area contributed by atoms with Gasteiger partial charge < -0.3 is 14.8 Å². The summed E-state index contributed by atoms with van der Waals surface area (Å²) < 4.78 is 5.09. The maximum absolute atomic E-state index is 12.5. The highest BCUT2D eigenvalue weighted by Gasteiger charge is 2.25. The first-order chi connectivity index (χ1) is 13.5. The lowest BCUT2D eigenvalue weighted by Crippen LogP contribution is -2.05. The molecule has 0 bridgehead atoms. The molecule has 1 heterocycles. The number of hydrogen-bond acceptors (Lipinski definition) is 7. The predicted octanol–water partition coefficient (Wildman–Crippen LogP) is 4.89. The Kier molecular flexibility index (Phi) is 5.45. The number of nitrogens with one attached hydrogen (secondary N) is 1. The van der Waals surface area contributed by atoms with Gasteiger partial charge in [0.05, 0.1) is 22.9 Å². The van der Waals surface area contributed by atoms with Crippen LogP contribution in [-0.2, 0) is 4.74 Å². The van der Waals surface area contributed by atoms with Crippen molar-refractivity contribution in [3.63, 3.8) is 0 Å². The molecule has 9 heteroatoms. The van der Waals surface area contributed by atoms with Gasteiger partial charge in [0.25, 0.3) is 5.69 Å². The monoisotopic (exact) mass is 380 g/mol. The molecular formula is C19H16N4O5. The molecule has 0 saturated carbocycles. The Morgan fingerprint density at radius 3 is 2.43 bits per heavy atom. The fraction of sp³-hybridized carbons (Fsp3) is 0.105. The quantitative estimate of drug-likeness (QED) is 0.272. The SMILES string of the molecule is CCOC(=O)c1c(-c2ccccc2)[nH]c(O)c1N=Nc1ccc([N+](=O)[O-])cc1. The van der Waals surface area contributed by atoms with Crippen LogP contribution in [0.15, 0.2) is 64.8 Å². The van der Waals surface area contributed by atoms with E-state index in [4.69, 9.17) is 4.74 Å². The number of azo groups is 1. The van der Waals surface area contributed by atoms with Crippen molar-refractivity contribution in [2.75, 3.05) is 6.61 Å². The van der Waals surface area contributed by atoms with Crippen LogP contribution in [-0.4, -0.2) is 27.6 Å². The van der Waals surface area contributed by atoms with Crippen LogP contribution in [0.4, 0.5) is 17.1 Å². The van der Waals surface area contributed by atoms with E-state index in [0.717, 1.165) is 0 Å². The first-order valence-corrected chi connectivity index (χ1v) is 8.35. The molecule has 2 aromatic carbocycles. The lowest BCUT2D eigenvalue weighted by molar-refractivity contribution is -0.384. The molecule has 142 valence electrons. The van der Waals surface area contributed by atoms with Crippen molar-refractivity contribution < 1.29 is 19.6 Å². The molecule has 1 aromatic heterocycles. The number of carbonyl (C=O) groups excluding carboxylic acids is 1. The molecule has 0 aliphatic heterocycles. The number of ether oxygens (including phenoxy) is 1. The molecule has 0 unspecified atom stereocenters. The largest absolute Gasteiger partial charge is 0.493 e. The minimum atomic E-state index is -0.657. The molecule has 2 N–H and O–H groups in total. The number of rotatable bonds is 6. The summed E-state index contributed by atoms with van der Waals surface area (Å²) >= 11 is 0. The Bertz CT molecular complexity index is 1030. The van der Waals surface area contributed by atoms with Gasteiger partial charge in [0.1, 0.15) is 5.56 Å². The Balaban J connectivity index is 2.03. The smallest absolute Gasteiger partial charge is 0.342 e. The van der Waals surface area contributed by atoms with E-state index in [0.29, 0.717) is 16.9 Å². The fourth-order valence-corrected chi connectivity index (χ4v) is 2.55. The molecule has 28 heavy (non-hydrogen) atoms. The van der Waals surface area contributed by atoms with Crippen molar-refractivity contribution >= 4 is 23.0 Å². The zero-order chi connectivity index (χ0) is 20.1. The first-order valence-electron chi connectivity index (χ1n) is 8.35. The molecule has 0 radical (unpaired) electrons. The highest BCUT2D eigenvalue weighted by Crippen LogP contribution is 2.39. The molecular weight excluding hydrogens is 364 g/mol. The number of aromatic amines is 1. The summed E-state index contributed by atoms with van der Waals surface area (Å²) in [5, 5.41) is 28.9. The number of nitro benzene ring substituents is 1. The lowest BCUT2D eigenvalue weighted by Gasteiger charge is -2.04. The van der Waals surface area contributed by atoms with Gasteiger partial charge in [-0.15, -0.1) is 5.11 Å². The first kappa shape index (κ1) is 18.8. The average molecular weight is 380 g/mol. The number of aromatic nitrogens is 1. The van der Waals surface area contributed by atoms with Gasteiger partial charge in [0.15, 0.2) is 5.69 Å². The number of benzene rings is 2. The van der Waals surface area contributed by atoms with Crippen LogP contribution < -0.4 is 0 Å². The second kappa shape index (κ2) is 8.12. The van der Waals surface area contributed by atoms with Gasteiger partial charge >= 0.3 is 5.97 Å². The van der Waals surface area contributed by atoms with Crippen LogP contribution in [0, 0.1) is 10.1 Å². The molecule has 0 aliphatic carbocycles. The zero-order valence-electron chi connectivity index (χ0n) is 14.8. The third kappa shape index (κ3) is 3.88. The number of nitro groups is 1. The van der Waals surface area contributed by atoms with E-state index in [9.17, 15) is 20.0 Å². The van der Waals surface area contributed by atoms with Crippen LogP contribution in [0.3, 0.4) is 0 Å². The number of aromatic hydroxyl groups is 1. The maximum Gasteiger partial charge on any atom is 0.342 e. The van der Waals surface area contributed by atoms with E-state index in [1.807, 2.05) is 6.07 Å². The van der Waals surface area contributed by atoms with Crippen molar-refractivity contribution in [2.24, 2.45) is 10.2 Å². The van der Waals surface area contributed by atoms with E-state index in [1.54, 1.807) is 31.2 Å². The minimum Gasteiger partial charge on any atom is -0.493 e. The molecule has 3 aromatic rings. The summed E-state index contributed by atoms with van der Waals surface area (Å²) in [6, 6.07) is 14.3. The summed E-state index contributed by atoms with van der Waals surface area (Å²) in [7, 11) is 0. The van der Waals surface area contributed by atoms with Crippen molar-refractivity contribution in [3.8, 4) is 17.1 Å². The number of hydrogen-bond donors (Lipinski definition) is 2. The molecule has 3 rings (SSSR count). The van der Waals surface area contributed by atoms with Crippen LogP contribution in [0.25, 0.3) is 11.3 Å². The highest BCUT2D eigenvalue weighted by atomic mass is 16.6. The second-order valence-electron chi connectivity index (χ2n) is 5.63. The number of nitrogens with zero attached hydrogens (tertiary/aromatic N) is 3. The van der Waals surface area contributed by atoms with Gasteiger partial charge in [-0.3, -0.25) is 10.1 Å². The van der Waals surface area contributed by atoms with E-state index < -0.39 is 10.9 Å². The van der Waals surface area contributed by atoms with Crippen LogP contribution in [0.1, 0.15) is 17.3 Å². The van der Waals surface area contributed by atoms with Gasteiger partial charge in [-0.25, -0.2) is 4.79 Å². The van der Waals surface area contributed by atoms with Crippen LogP contribution in [0.2, 0.25) is 0 Å². The van der Waals surface area contributed by atoms with Gasteiger partial charge in [-0.1, -0.05) is 30.3 Å². The predicted molar refractivity (Wildman–Crippen MR) is 101 cm³/mol. The van der Waals surface area contributed by atoms with Crippen molar-refractivity contribution in [1.29, 1.82) is 0 Å². The normalized spacial score (nSPS) is 10.9. The van der Waals surface area contributed by atoms with E-state index in [1.165, 1.54) is 24.3 Å². The number of carbonyl (C=O) groups is 1. The Hall–Kier alpha value is -4.01. The van der Waals surface area contributed by atoms with Gasteiger partial charge in [-0.2, -0.15) is 5.11 Å². The molecule has 0 spiro atoms. The molecule has 9 nitrogen and oxygen atoms in total. The Morgan fingerprint density at radius 1 is 1.14 bits per heavy atom. The molecule has 0 saturated heterocycles. The van der Waals surface area contributed by atoms with Crippen molar-refractivity contribution in [3.05, 3.63) is 70.3 Å². The van der Waals surface area contributed by atoms with E-state index >= 15 is 0 Å².